The minimum absolute atomic E-state index is 0.417. The number of para-hydroxylation sites is 1. The number of allylic oxidation sites excluding steroid dienone is 1. The molecule has 0 fully saturated rings. The summed E-state index contributed by atoms with van der Waals surface area (Å²) in [5.74, 6) is 2.00. The number of carbonyl (C=O) groups is 1. The zero-order valence-corrected chi connectivity index (χ0v) is 14.8. The lowest BCUT2D eigenvalue weighted by molar-refractivity contribution is -0.130. The minimum atomic E-state index is -0.417. The van der Waals surface area contributed by atoms with Crippen LogP contribution in [0.2, 0.25) is 0 Å². The molecule has 3 rings (SSSR count). The molecule has 1 aliphatic rings. The van der Waals surface area contributed by atoms with Crippen LogP contribution in [0.25, 0.3) is 0 Å². The molecule has 2 aromatic rings. The third-order valence-electron chi connectivity index (χ3n) is 3.90. The van der Waals surface area contributed by atoms with Gasteiger partial charge in [-0.15, -0.1) is 0 Å². The molecule has 0 N–H and O–H groups in total. The van der Waals surface area contributed by atoms with Crippen LogP contribution in [0, 0.1) is 0 Å². The van der Waals surface area contributed by atoms with Crippen molar-refractivity contribution < 1.29 is 19.0 Å². The smallest absolute Gasteiger partial charge is 0.347 e. The Morgan fingerprint density at radius 2 is 1.58 bits per heavy atom. The minimum Gasteiger partial charge on any atom is -0.489 e. The molecule has 2 aromatic carbocycles. The van der Waals surface area contributed by atoms with Crippen molar-refractivity contribution in [2.75, 3.05) is 7.11 Å². The van der Waals surface area contributed by atoms with Gasteiger partial charge in [0.1, 0.15) is 17.2 Å². The van der Waals surface area contributed by atoms with E-state index >= 15 is 0 Å². The van der Waals surface area contributed by atoms with Crippen LogP contribution in [-0.4, -0.2) is 13.1 Å². The molecule has 0 aliphatic heterocycles. The van der Waals surface area contributed by atoms with Crippen molar-refractivity contribution in [3.63, 3.8) is 0 Å². The SMILES string of the molecule is COC1=C=C(C(=O)Oc2ccc(Oc3ccccc3)cc2)CCC(C)=C1. The second-order valence-corrected chi connectivity index (χ2v) is 5.94. The van der Waals surface area contributed by atoms with Gasteiger partial charge in [-0.1, -0.05) is 29.5 Å². The normalized spacial score (nSPS) is 13.7. The van der Waals surface area contributed by atoms with Crippen molar-refractivity contribution in [1.29, 1.82) is 0 Å². The number of rotatable bonds is 5. The van der Waals surface area contributed by atoms with Gasteiger partial charge in [-0.2, -0.15) is 0 Å². The monoisotopic (exact) mass is 348 g/mol. The van der Waals surface area contributed by atoms with Crippen molar-refractivity contribution in [2.24, 2.45) is 0 Å². The summed E-state index contributed by atoms with van der Waals surface area (Å²) in [5.41, 5.74) is 4.61. The van der Waals surface area contributed by atoms with Crippen LogP contribution in [-0.2, 0) is 9.53 Å². The van der Waals surface area contributed by atoms with Crippen molar-refractivity contribution in [3.8, 4) is 17.2 Å². The van der Waals surface area contributed by atoms with Gasteiger partial charge >= 0.3 is 5.97 Å². The van der Waals surface area contributed by atoms with E-state index in [-0.39, 0.29) is 0 Å². The van der Waals surface area contributed by atoms with Crippen LogP contribution in [0.1, 0.15) is 19.8 Å². The van der Waals surface area contributed by atoms with Gasteiger partial charge in [0.05, 0.1) is 12.7 Å². The summed E-state index contributed by atoms with van der Waals surface area (Å²) in [6.07, 6.45) is 3.23. The van der Waals surface area contributed by atoms with Gasteiger partial charge < -0.3 is 14.2 Å². The Bertz CT molecular complexity index is 870. The molecule has 0 unspecified atom stereocenters. The maximum Gasteiger partial charge on any atom is 0.347 e. The number of benzene rings is 2. The Hall–Kier alpha value is -3.23. The predicted octanol–water partition coefficient (Wildman–Crippen LogP) is 5.18. The van der Waals surface area contributed by atoms with Gasteiger partial charge in [-0.05, 0) is 62.2 Å². The fourth-order valence-electron chi connectivity index (χ4n) is 2.50. The van der Waals surface area contributed by atoms with E-state index < -0.39 is 5.97 Å². The molecular weight excluding hydrogens is 328 g/mol. The van der Waals surface area contributed by atoms with E-state index in [1.165, 1.54) is 0 Å². The van der Waals surface area contributed by atoms with Gasteiger partial charge in [0.25, 0.3) is 0 Å². The Morgan fingerprint density at radius 1 is 0.923 bits per heavy atom. The largest absolute Gasteiger partial charge is 0.489 e. The molecule has 0 saturated carbocycles. The van der Waals surface area contributed by atoms with Crippen molar-refractivity contribution in [2.45, 2.75) is 19.8 Å². The highest BCUT2D eigenvalue weighted by Crippen LogP contribution is 2.25. The molecular formula is C22H20O4. The lowest BCUT2D eigenvalue weighted by atomic mass is 10.1. The van der Waals surface area contributed by atoms with E-state index in [0.717, 1.165) is 17.7 Å². The first-order valence-corrected chi connectivity index (χ1v) is 8.40. The molecule has 0 atom stereocenters. The molecule has 0 bridgehead atoms. The van der Waals surface area contributed by atoms with E-state index in [2.05, 4.69) is 5.73 Å². The van der Waals surface area contributed by atoms with Crippen molar-refractivity contribution in [3.05, 3.63) is 83.3 Å². The van der Waals surface area contributed by atoms with Crippen LogP contribution in [0.3, 0.4) is 0 Å². The lowest BCUT2D eigenvalue weighted by Crippen LogP contribution is -2.10. The standard InChI is InChI=1S/C22H20O4/c1-16-8-9-17(15-21(14-16)24-2)22(23)26-20-12-10-19(11-13-20)25-18-6-4-3-5-7-18/h3-7,10-14H,8-9H2,1-2H3. The number of ether oxygens (including phenoxy) is 3. The van der Waals surface area contributed by atoms with Crippen LogP contribution < -0.4 is 9.47 Å². The van der Waals surface area contributed by atoms with E-state index in [0.29, 0.717) is 29.3 Å². The molecule has 4 nitrogen and oxygen atoms in total. The average molecular weight is 348 g/mol. The second kappa shape index (κ2) is 8.24. The van der Waals surface area contributed by atoms with E-state index in [4.69, 9.17) is 14.2 Å². The summed E-state index contributed by atoms with van der Waals surface area (Å²) >= 11 is 0. The quantitative estimate of drug-likeness (QED) is 0.424. The first kappa shape index (κ1) is 17.6. The van der Waals surface area contributed by atoms with Crippen LogP contribution in [0.5, 0.6) is 17.2 Å². The highest BCUT2D eigenvalue weighted by molar-refractivity contribution is 5.90. The first-order valence-electron chi connectivity index (χ1n) is 8.40. The van der Waals surface area contributed by atoms with Crippen LogP contribution in [0.4, 0.5) is 0 Å². The maximum absolute atomic E-state index is 12.4. The van der Waals surface area contributed by atoms with Crippen molar-refractivity contribution >= 4 is 5.97 Å². The van der Waals surface area contributed by atoms with Gasteiger partial charge in [0.15, 0.2) is 5.76 Å². The molecule has 1 aliphatic carbocycles. The summed E-state index contributed by atoms with van der Waals surface area (Å²) in [6.45, 7) is 2.00. The average Bonchev–Trinajstić information content (AvgIpc) is 2.85. The summed E-state index contributed by atoms with van der Waals surface area (Å²) in [5, 5.41) is 0. The lowest BCUT2D eigenvalue weighted by Gasteiger charge is -2.08. The van der Waals surface area contributed by atoms with Gasteiger partial charge in [0, 0.05) is 0 Å². The Morgan fingerprint density at radius 3 is 2.27 bits per heavy atom. The summed E-state index contributed by atoms with van der Waals surface area (Å²) < 4.78 is 16.4. The van der Waals surface area contributed by atoms with Crippen molar-refractivity contribution in [1.82, 2.24) is 0 Å². The van der Waals surface area contributed by atoms with Gasteiger partial charge in [-0.3, -0.25) is 0 Å². The zero-order valence-electron chi connectivity index (χ0n) is 14.8. The molecule has 132 valence electrons. The van der Waals surface area contributed by atoms with Crippen LogP contribution >= 0.6 is 0 Å². The Kier molecular flexibility index (Phi) is 5.57. The first-order chi connectivity index (χ1) is 12.6. The van der Waals surface area contributed by atoms with E-state index in [1.807, 2.05) is 43.3 Å². The number of esters is 1. The zero-order chi connectivity index (χ0) is 18.4. The Labute approximate surface area is 153 Å². The maximum atomic E-state index is 12.4. The fourth-order valence-corrected chi connectivity index (χ4v) is 2.50. The van der Waals surface area contributed by atoms with Gasteiger partial charge in [0.2, 0.25) is 0 Å². The highest BCUT2D eigenvalue weighted by atomic mass is 16.5. The summed E-state index contributed by atoms with van der Waals surface area (Å²) in [7, 11) is 1.56. The molecule has 0 radical (unpaired) electrons. The molecule has 0 aromatic heterocycles. The predicted molar refractivity (Wildman–Crippen MR) is 99.1 cm³/mol. The molecule has 26 heavy (non-hydrogen) atoms. The van der Waals surface area contributed by atoms with E-state index in [1.54, 1.807) is 31.4 Å². The number of methoxy groups -OCH3 is 1. The third kappa shape index (κ3) is 4.65. The Balaban J connectivity index is 1.69. The number of hydrogen-bond acceptors (Lipinski definition) is 4. The van der Waals surface area contributed by atoms with E-state index in [9.17, 15) is 4.79 Å². The second-order valence-electron chi connectivity index (χ2n) is 5.94. The summed E-state index contributed by atoms with van der Waals surface area (Å²) in [6, 6.07) is 16.4. The third-order valence-corrected chi connectivity index (χ3v) is 3.90. The molecule has 0 saturated heterocycles. The number of carbonyl (C=O) groups excluding carboxylic acids is 1. The molecule has 0 heterocycles. The molecule has 0 spiro atoms. The molecule has 0 amide bonds. The van der Waals surface area contributed by atoms with Gasteiger partial charge in [-0.25, -0.2) is 4.79 Å². The number of hydrogen-bond donors (Lipinski definition) is 0. The fraction of sp³-hybridized carbons (Fsp3) is 0.182. The molecule has 4 heteroatoms. The highest BCUT2D eigenvalue weighted by Gasteiger charge is 2.15. The summed E-state index contributed by atoms with van der Waals surface area (Å²) in [4.78, 5) is 12.4. The topological polar surface area (TPSA) is 44.8 Å². The van der Waals surface area contributed by atoms with Crippen LogP contribution in [0.15, 0.2) is 83.3 Å².